The summed E-state index contributed by atoms with van der Waals surface area (Å²) in [5.74, 6) is 0. The molecule has 0 saturated carbocycles. The number of nitrogens with zero attached hydrogens (tertiary/aromatic N) is 3. The van der Waals surface area contributed by atoms with E-state index in [2.05, 4.69) is 66.3 Å². The summed E-state index contributed by atoms with van der Waals surface area (Å²) in [5.41, 5.74) is 5.95. The van der Waals surface area contributed by atoms with Crippen LogP contribution >= 0.6 is 0 Å². The van der Waals surface area contributed by atoms with E-state index in [0.29, 0.717) is 0 Å². The van der Waals surface area contributed by atoms with Crippen molar-refractivity contribution in [2.45, 2.75) is 26.9 Å². The Morgan fingerprint density at radius 2 is 1.77 bits per heavy atom. The van der Waals surface area contributed by atoms with E-state index in [4.69, 9.17) is 0 Å². The molecule has 0 aliphatic carbocycles. The zero-order valence-electron chi connectivity index (χ0n) is 13.4. The van der Waals surface area contributed by atoms with Crippen LogP contribution in [0.2, 0.25) is 0 Å². The molecule has 0 aliphatic rings. The van der Waals surface area contributed by atoms with Crippen molar-refractivity contribution in [2.75, 3.05) is 0 Å². The number of nitrogens with one attached hydrogen (secondary N) is 1. The second kappa shape index (κ2) is 6.20. The van der Waals surface area contributed by atoms with E-state index in [1.165, 1.54) is 17.0 Å². The third-order valence-electron chi connectivity index (χ3n) is 4.10. The van der Waals surface area contributed by atoms with Gasteiger partial charge < -0.3 is 9.88 Å². The maximum Gasteiger partial charge on any atom is 0.0648 e. The number of aryl methyl sites for hydroxylation is 2. The summed E-state index contributed by atoms with van der Waals surface area (Å²) in [6, 6.07) is 14.5. The van der Waals surface area contributed by atoms with Gasteiger partial charge in [0.05, 0.1) is 11.4 Å². The highest BCUT2D eigenvalue weighted by atomic mass is 15.3. The molecule has 3 rings (SSSR count). The van der Waals surface area contributed by atoms with Gasteiger partial charge in [-0.05, 0) is 38.1 Å². The molecule has 4 nitrogen and oxygen atoms in total. The molecule has 22 heavy (non-hydrogen) atoms. The first-order chi connectivity index (χ1) is 10.7. The Bertz CT molecular complexity index is 753. The van der Waals surface area contributed by atoms with Crippen molar-refractivity contribution in [3.05, 3.63) is 71.3 Å². The van der Waals surface area contributed by atoms with E-state index in [1.807, 2.05) is 22.9 Å². The molecule has 0 atom stereocenters. The molecular formula is C18H22N4. The van der Waals surface area contributed by atoms with Gasteiger partial charge in [0.25, 0.3) is 0 Å². The highest BCUT2D eigenvalue weighted by Gasteiger charge is 2.12. The van der Waals surface area contributed by atoms with Crippen LogP contribution in [0.15, 0.2) is 48.7 Å². The maximum absolute atomic E-state index is 4.69. The van der Waals surface area contributed by atoms with Gasteiger partial charge in [-0.3, -0.25) is 0 Å². The summed E-state index contributed by atoms with van der Waals surface area (Å²) < 4.78 is 4.16. The molecule has 0 spiro atoms. The molecular weight excluding hydrogens is 272 g/mol. The van der Waals surface area contributed by atoms with Gasteiger partial charge in [-0.1, -0.05) is 18.2 Å². The molecule has 2 heterocycles. The molecule has 3 aromatic rings. The van der Waals surface area contributed by atoms with Crippen molar-refractivity contribution in [1.82, 2.24) is 19.7 Å². The Balaban J connectivity index is 1.75. The number of hydrogen-bond donors (Lipinski definition) is 1. The summed E-state index contributed by atoms with van der Waals surface area (Å²) in [7, 11) is 2.07. The largest absolute Gasteiger partial charge is 0.353 e. The normalized spacial score (nSPS) is 11.0. The molecule has 0 bridgehead atoms. The molecule has 4 heteroatoms. The third-order valence-corrected chi connectivity index (χ3v) is 4.10. The summed E-state index contributed by atoms with van der Waals surface area (Å²) in [4.78, 5) is 0. The lowest BCUT2D eigenvalue weighted by molar-refractivity contribution is 0.651. The van der Waals surface area contributed by atoms with Crippen LogP contribution in [0.4, 0.5) is 0 Å². The minimum absolute atomic E-state index is 0.829. The smallest absolute Gasteiger partial charge is 0.0648 e. The second-order valence-electron chi connectivity index (χ2n) is 5.61. The lowest BCUT2D eigenvalue weighted by atomic mass is 10.2. The topological polar surface area (TPSA) is 34.8 Å². The molecule has 0 radical (unpaired) electrons. The maximum atomic E-state index is 4.69. The Morgan fingerprint density at radius 1 is 1.00 bits per heavy atom. The van der Waals surface area contributed by atoms with Gasteiger partial charge in [-0.25, -0.2) is 4.68 Å². The minimum atomic E-state index is 0.829. The van der Waals surface area contributed by atoms with Crippen LogP contribution in [0.5, 0.6) is 0 Å². The fourth-order valence-corrected chi connectivity index (χ4v) is 2.75. The van der Waals surface area contributed by atoms with Crippen LogP contribution < -0.4 is 5.32 Å². The highest BCUT2D eigenvalue weighted by Crippen LogP contribution is 2.17. The minimum Gasteiger partial charge on any atom is -0.353 e. The lowest BCUT2D eigenvalue weighted by Crippen LogP contribution is -2.15. The predicted molar refractivity (Wildman–Crippen MR) is 89.0 cm³/mol. The number of rotatable bonds is 5. The van der Waals surface area contributed by atoms with E-state index in [1.54, 1.807) is 0 Å². The molecule has 0 saturated heterocycles. The van der Waals surface area contributed by atoms with Crippen LogP contribution in [0.3, 0.4) is 0 Å². The van der Waals surface area contributed by atoms with Crippen molar-refractivity contribution in [3.63, 3.8) is 0 Å². The van der Waals surface area contributed by atoms with Crippen LogP contribution in [-0.4, -0.2) is 14.3 Å². The Hall–Kier alpha value is -2.33. The van der Waals surface area contributed by atoms with Crippen molar-refractivity contribution >= 4 is 0 Å². The Labute approximate surface area is 131 Å². The third kappa shape index (κ3) is 2.83. The monoisotopic (exact) mass is 294 g/mol. The van der Waals surface area contributed by atoms with Crippen molar-refractivity contribution in [2.24, 2.45) is 7.05 Å². The molecule has 2 aromatic heterocycles. The number of benzene rings is 1. The second-order valence-corrected chi connectivity index (χ2v) is 5.61. The van der Waals surface area contributed by atoms with Gasteiger partial charge in [-0.15, -0.1) is 0 Å². The molecule has 0 unspecified atom stereocenters. The number of hydrogen-bond acceptors (Lipinski definition) is 2. The van der Waals surface area contributed by atoms with E-state index in [9.17, 15) is 0 Å². The molecule has 0 amide bonds. The van der Waals surface area contributed by atoms with Gasteiger partial charge in [0.2, 0.25) is 0 Å². The van der Waals surface area contributed by atoms with Crippen molar-refractivity contribution in [3.8, 4) is 5.69 Å². The van der Waals surface area contributed by atoms with Gasteiger partial charge in [-0.2, -0.15) is 5.10 Å². The van der Waals surface area contributed by atoms with E-state index < -0.39 is 0 Å². The zero-order valence-corrected chi connectivity index (χ0v) is 13.4. The SMILES string of the molecule is Cc1nn(-c2ccccc2)c(C)c1CNCc1cccn1C. The van der Waals surface area contributed by atoms with Gasteiger partial charge >= 0.3 is 0 Å². The van der Waals surface area contributed by atoms with E-state index in [-0.39, 0.29) is 0 Å². The first kappa shape index (κ1) is 14.6. The van der Waals surface area contributed by atoms with E-state index in [0.717, 1.165) is 24.5 Å². The standard InChI is InChI=1S/C18H22N4/c1-14-18(13-19-12-17-10-7-11-21(17)3)15(2)22(20-14)16-8-5-4-6-9-16/h4-11,19H,12-13H2,1-3H3. The molecule has 114 valence electrons. The number of aromatic nitrogens is 3. The van der Waals surface area contributed by atoms with Gasteiger partial charge in [0.1, 0.15) is 0 Å². The summed E-state index contributed by atoms with van der Waals surface area (Å²) in [5, 5.41) is 8.20. The van der Waals surface area contributed by atoms with Crippen molar-refractivity contribution < 1.29 is 0 Å². The fourth-order valence-electron chi connectivity index (χ4n) is 2.75. The van der Waals surface area contributed by atoms with Crippen LogP contribution in [0.1, 0.15) is 22.6 Å². The molecule has 0 fully saturated rings. The zero-order chi connectivity index (χ0) is 15.5. The summed E-state index contributed by atoms with van der Waals surface area (Å²) in [6.45, 7) is 5.90. The van der Waals surface area contributed by atoms with Crippen molar-refractivity contribution in [1.29, 1.82) is 0 Å². The first-order valence-electron chi connectivity index (χ1n) is 7.58. The number of para-hydroxylation sites is 1. The average molecular weight is 294 g/mol. The van der Waals surface area contributed by atoms with Crippen LogP contribution in [0.25, 0.3) is 5.69 Å². The van der Waals surface area contributed by atoms with Gasteiger partial charge in [0.15, 0.2) is 0 Å². The predicted octanol–water partition coefficient (Wildman–Crippen LogP) is 3.12. The quantitative estimate of drug-likeness (QED) is 0.784. The fraction of sp³-hybridized carbons (Fsp3) is 0.278. The Kier molecular flexibility index (Phi) is 4.11. The van der Waals surface area contributed by atoms with E-state index >= 15 is 0 Å². The highest BCUT2D eigenvalue weighted by molar-refractivity contribution is 5.36. The Morgan fingerprint density at radius 3 is 2.45 bits per heavy atom. The molecule has 0 aliphatic heterocycles. The first-order valence-corrected chi connectivity index (χ1v) is 7.58. The summed E-state index contributed by atoms with van der Waals surface area (Å²) in [6.07, 6.45) is 2.07. The van der Waals surface area contributed by atoms with Gasteiger partial charge in [0, 0.05) is 43.3 Å². The molecule has 1 aromatic carbocycles. The lowest BCUT2D eigenvalue weighted by Gasteiger charge is -2.08. The molecule has 1 N–H and O–H groups in total. The summed E-state index contributed by atoms with van der Waals surface area (Å²) >= 11 is 0. The van der Waals surface area contributed by atoms with Crippen LogP contribution in [-0.2, 0) is 20.1 Å². The van der Waals surface area contributed by atoms with Crippen LogP contribution in [0, 0.1) is 13.8 Å². The average Bonchev–Trinajstić information content (AvgIpc) is 3.06.